The molecule has 1 aromatic heterocycles. The minimum Gasteiger partial charge on any atom is -0.382 e. The van der Waals surface area contributed by atoms with Gasteiger partial charge in [-0.1, -0.05) is 0 Å². The van der Waals surface area contributed by atoms with E-state index in [1.165, 1.54) is 0 Å². The average Bonchev–Trinajstić information content (AvgIpc) is 2.47. The van der Waals surface area contributed by atoms with E-state index < -0.39 is 0 Å². The van der Waals surface area contributed by atoms with Crippen LogP contribution in [0.25, 0.3) is 5.57 Å². The standard InChI is InChI=1S/C9H12N4/c1-7-4-9(12-11-7)8(5-10)6-13(2)3/h4,6H,1-3H3,(H,11,12)/b8-6+. The maximum atomic E-state index is 8.84. The summed E-state index contributed by atoms with van der Waals surface area (Å²) in [4.78, 5) is 1.82. The van der Waals surface area contributed by atoms with E-state index in [9.17, 15) is 0 Å². The van der Waals surface area contributed by atoms with Gasteiger partial charge in [0, 0.05) is 26.0 Å². The summed E-state index contributed by atoms with van der Waals surface area (Å²) in [5, 5.41) is 15.6. The summed E-state index contributed by atoms with van der Waals surface area (Å²) in [5.74, 6) is 0. The van der Waals surface area contributed by atoms with Crippen molar-refractivity contribution in [2.45, 2.75) is 6.92 Å². The first-order valence-electron chi connectivity index (χ1n) is 3.94. The lowest BCUT2D eigenvalue weighted by Crippen LogP contribution is -2.02. The Morgan fingerprint density at radius 3 is 2.77 bits per heavy atom. The van der Waals surface area contributed by atoms with Gasteiger partial charge in [-0.05, 0) is 13.0 Å². The van der Waals surface area contributed by atoms with E-state index in [2.05, 4.69) is 16.3 Å². The number of allylic oxidation sites excluding steroid dienone is 1. The largest absolute Gasteiger partial charge is 0.382 e. The molecule has 1 aromatic rings. The van der Waals surface area contributed by atoms with E-state index in [1.807, 2.05) is 32.0 Å². The summed E-state index contributed by atoms with van der Waals surface area (Å²) >= 11 is 0. The van der Waals surface area contributed by atoms with Crippen molar-refractivity contribution in [3.63, 3.8) is 0 Å². The summed E-state index contributed by atoms with van der Waals surface area (Å²) in [5.41, 5.74) is 2.21. The molecule has 1 heterocycles. The third kappa shape index (κ3) is 2.34. The molecule has 0 fully saturated rings. The molecule has 0 amide bonds. The Balaban J connectivity index is 2.99. The molecule has 0 radical (unpaired) electrons. The van der Waals surface area contributed by atoms with E-state index in [-0.39, 0.29) is 0 Å². The van der Waals surface area contributed by atoms with Gasteiger partial charge in [-0.25, -0.2) is 0 Å². The minimum absolute atomic E-state index is 0.564. The van der Waals surface area contributed by atoms with E-state index in [0.29, 0.717) is 11.3 Å². The molecule has 0 atom stereocenters. The van der Waals surface area contributed by atoms with Crippen molar-refractivity contribution in [1.82, 2.24) is 15.1 Å². The van der Waals surface area contributed by atoms with Crippen LogP contribution in [0.3, 0.4) is 0 Å². The second-order valence-corrected chi connectivity index (χ2v) is 3.05. The van der Waals surface area contributed by atoms with Crippen LogP contribution in [0, 0.1) is 18.3 Å². The highest BCUT2D eigenvalue weighted by Crippen LogP contribution is 2.11. The summed E-state index contributed by atoms with van der Waals surface area (Å²) in [6, 6.07) is 3.95. The third-order valence-corrected chi connectivity index (χ3v) is 1.49. The summed E-state index contributed by atoms with van der Waals surface area (Å²) < 4.78 is 0. The molecule has 0 aromatic carbocycles. The van der Waals surface area contributed by atoms with Gasteiger partial charge in [0.05, 0.1) is 5.57 Å². The fourth-order valence-electron chi connectivity index (χ4n) is 0.966. The van der Waals surface area contributed by atoms with Crippen LogP contribution < -0.4 is 0 Å². The Bertz CT molecular complexity index is 354. The summed E-state index contributed by atoms with van der Waals surface area (Å²) in [6.45, 7) is 1.90. The van der Waals surface area contributed by atoms with Crippen molar-refractivity contribution in [3.8, 4) is 6.07 Å². The average molecular weight is 176 g/mol. The van der Waals surface area contributed by atoms with Gasteiger partial charge in [-0.15, -0.1) is 0 Å². The van der Waals surface area contributed by atoms with Gasteiger partial charge in [0.2, 0.25) is 0 Å². The second-order valence-electron chi connectivity index (χ2n) is 3.05. The third-order valence-electron chi connectivity index (χ3n) is 1.49. The molecule has 0 aliphatic heterocycles. The fraction of sp³-hybridized carbons (Fsp3) is 0.333. The number of nitrogens with zero attached hydrogens (tertiary/aromatic N) is 3. The molecule has 13 heavy (non-hydrogen) atoms. The number of aromatic amines is 1. The number of hydrogen-bond acceptors (Lipinski definition) is 3. The van der Waals surface area contributed by atoms with Gasteiger partial charge >= 0.3 is 0 Å². The fourth-order valence-corrected chi connectivity index (χ4v) is 0.966. The summed E-state index contributed by atoms with van der Waals surface area (Å²) in [6.07, 6.45) is 1.75. The molecule has 68 valence electrons. The zero-order valence-corrected chi connectivity index (χ0v) is 8.00. The number of nitrogens with one attached hydrogen (secondary N) is 1. The van der Waals surface area contributed by atoms with Gasteiger partial charge in [-0.2, -0.15) is 10.4 Å². The lowest BCUT2D eigenvalue weighted by Gasteiger charge is -2.03. The first-order chi connectivity index (χ1) is 6.13. The van der Waals surface area contributed by atoms with Crippen LogP contribution in [0.15, 0.2) is 12.3 Å². The molecule has 0 spiro atoms. The molecule has 1 rings (SSSR count). The number of nitriles is 1. The van der Waals surface area contributed by atoms with Crippen molar-refractivity contribution in [1.29, 1.82) is 5.26 Å². The Hall–Kier alpha value is -1.76. The molecule has 0 aliphatic carbocycles. The number of aromatic nitrogens is 2. The Kier molecular flexibility index (Phi) is 2.70. The van der Waals surface area contributed by atoms with E-state index >= 15 is 0 Å². The smallest absolute Gasteiger partial charge is 0.104 e. The topological polar surface area (TPSA) is 55.7 Å². The van der Waals surface area contributed by atoms with Gasteiger partial charge in [-0.3, -0.25) is 5.10 Å². The van der Waals surface area contributed by atoms with Crippen LogP contribution in [0.4, 0.5) is 0 Å². The van der Waals surface area contributed by atoms with Gasteiger partial charge < -0.3 is 4.90 Å². The normalized spacial score (nSPS) is 11.1. The maximum Gasteiger partial charge on any atom is 0.104 e. The quantitative estimate of drug-likeness (QED) is 0.687. The highest BCUT2D eigenvalue weighted by molar-refractivity contribution is 5.74. The van der Waals surface area contributed by atoms with Crippen molar-refractivity contribution in [2.24, 2.45) is 0 Å². The Labute approximate surface area is 77.5 Å². The molecule has 4 heteroatoms. The predicted octanol–water partition coefficient (Wildman–Crippen LogP) is 1.14. The van der Waals surface area contributed by atoms with E-state index in [4.69, 9.17) is 5.26 Å². The molecule has 4 nitrogen and oxygen atoms in total. The summed E-state index contributed by atoms with van der Waals surface area (Å²) in [7, 11) is 3.74. The molecule has 0 unspecified atom stereocenters. The van der Waals surface area contributed by atoms with Gasteiger partial charge in [0.1, 0.15) is 11.8 Å². The van der Waals surface area contributed by atoms with Crippen molar-refractivity contribution >= 4 is 5.57 Å². The van der Waals surface area contributed by atoms with Crippen LogP contribution in [-0.2, 0) is 0 Å². The Morgan fingerprint density at radius 2 is 2.38 bits per heavy atom. The maximum absolute atomic E-state index is 8.84. The number of rotatable bonds is 2. The molecular formula is C9H12N4. The lowest BCUT2D eigenvalue weighted by molar-refractivity contribution is 0.566. The molecule has 0 bridgehead atoms. The first-order valence-corrected chi connectivity index (χ1v) is 3.94. The van der Waals surface area contributed by atoms with Gasteiger partial charge in [0.15, 0.2) is 0 Å². The zero-order chi connectivity index (χ0) is 9.84. The lowest BCUT2D eigenvalue weighted by atomic mass is 10.2. The van der Waals surface area contributed by atoms with Crippen molar-refractivity contribution in [2.75, 3.05) is 14.1 Å². The van der Waals surface area contributed by atoms with Gasteiger partial charge in [0.25, 0.3) is 0 Å². The zero-order valence-electron chi connectivity index (χ0n) is 8.00. The molecule has 1 N–H and O–H groups in total. The SMILES string of the molecule is Cc1cc(/C(C#N)=C/N(C)C)n[nH]1. The van der Waals surface area contributed by atoms with Crippen LogP contribution in [0.1, 0.15) is 11.4 Å². The molecular weight excluding hydrogens is 164 g/mol. The minimum atomic E-state index is 0.564. The van der Waals surface area contributed by atoms with Crippen molar-refractivity contribution < 1.29 is 0 Å². The molecule has 0 aliphatic rings. The van der Waals surface area contributed by atoms with Crippen molar-refractivity contribution in [3.05, 3.63) is 23.7 Å². The molecule has 0 saturated heterocycles. The highest BCUT2D eigenvalue weighted by atomic mass is 15.1. The number of hydrogen-bond donors (Lipinski definition) is 1. The predicted molar refractivity (Wildman–Crippen MR) is 50.6 cm³/mol. The first kappa shape index (κ1) is 9.33. The van der Waals surface area contributed by atoms with E-state index in [1.54, 1.807) is 6.20 Å². The Morgan fingerprint density at radius 1 is 1.69 bits per heavy atom. The van der Waals surface area contributed by atoms with E-state index in [0.717, 1.165) is 5.69 Å². The van der Waals surface area contributed by atoms with Crippen LogP contribution >= 0.6 is 0 Å². The second kappa shape index (κ2) is 3.76. The number of aryl methyl sites for hydroxylation is 1. The highest BCUT2D eigenvalue weighted by Gasteiger charge is 2.04. The number of H-pyrrole nitrogens is 1. The van der Waals surface area contributed by atoms with Crippen LogP contribution in [0.2, 0.25) is 0 Å². The monoisotopic (exact) mass is 176 g/mol. The molecule has 0 saturated carbocycles. The van der Waals surface area contributed by atoms with Crippen LogP contribution in [0.5, 0.6) is 0 Å². The van der Waals surface area contributed by atoms with Crippen LogP contribution in [-0.4, -0.2) is 29.2 Å².